The van der Waals surface area contributed by atoms with Crippen molar-refractivity contribution in [1.29, 1.82) is 0 Å². The topological polar surface area (TPSA) is 44.5 Å². The van der Waals surface area contributed by atoms with E-state index in [9.17, 15) is 0 Å². The van der Waals surface area contributed by atoms with Crippen molar-refractivity contribution in [1.82, 2.24) is 15.3 Å². The predicted molar refractivity (Wildman–Crippen MR) is 82.3 cm³/mol. The molecule has 2 aliphatic rings. The summed E-state index contributed by atoms with van der Waals surface area (Å²) < 4.78 is 0. The summed E-state index contributed by atoms with van der Waals surface area (Å²) >= 11 is 0. The van der Waals surface area contributed by atoms with Crippen LogP contribution in [-0.4, -0.2) is 49.7 Å². The summed E-state index contributed by atoms with van der Waals surface area (Å²) in [5.41, 5.74) is 12.8. The molecule has 1 saturated heterocycles. The second-order valence-electron chi connectivity index (χ2n) is 6.20. The zero-order valence-electron chi connectivity index (χ0n) is 12.4. The molecule has 4 heteroatoms. The van der Waals surface area contributed by atoms with E-state index in [1.807, 2.05) is 0 Å². The van der Waals surface area contributed by atoms with Gasteiger partial charge in [0.1, 0.15) is 0 Å². The zero-order chi connectivity index (χ0) is 14.0. The number of nitrogens with one attached hydrogen (secondary N) is 1. The highest BCUT2D eigenvalue weighted by Gasteiger charge is 2.36. The number of fused-ring (bicyclic) bond motifs is 1. The first-order valence-electron chi connectivity index (χ1n) is 7.73. The van der Waals surface area contributed by atoms with Crippen LogP contribution in [0.1, 0.15) is 24.0 Å². The van der Waals surface area contributed by atoms with E-state index in [1.54, 1.807) is 0 Å². The molecule has 1 aliphatic heterocycles. The summed E-state index contributed by atoms with van der Waals surface area (Å²) in [5, 5.41) is 2.37. The fourth-order valence-electron chi connectivity index (χ4n) is 3.52. The van der Waals surface area contributed by atoms with Crippen molar-refractivity contribution >= 4 is 0 Å². The molecule has 1 heterocycles. The van der Waals surface area contributed by atoms with Gasteiger partial charge in [0, 0.05) is 32.7 Å². The smallest absolute Gasteiger partial charge is 0.0699 e. The molecule has 3 rings (SSSR count). The van der Waals surface area contributed by atoms with Gasteiger partial charge in [0.05, 0.1) is 5.54 Å². The van der Waals surface area contributed by atoms with E-state index in [0.717, 1.165) is 32.6 Å². The van der Waals surface area contributed by atoms with Gasteiger partial charge < -0.3 is 10.6 Å². The van der Waals surface area contributed by atoms with Crippen LogP contribution in [0.2, 0.25) is 0 Å². The van der Waals surface area contributed by atoms with Crippen molar-refractivity contribution in [3.8, 4) is 0 Å². The average molecular weight is 274 g/mol. The van der Waals surface area contributed by atoms with Crippen LogP contribution < -0.4 is 11.2 Å². The number of hydrogen-bond acceptors (Lipinski definition) is 4. The quantitative estimate of drug-likeness (QED) is 0.861. The molecule has 3 N–H and O–H groups in total. The van der Waals surface area contributed by atoms with Crippen LogP contribution in [0, 0.1) is 0 Å². The maximum absolute atomic E-state index is 6.20. The summed E-state index contributed by atoms with van der Waals surface area (Å²) in [6.45, 7) is 5.04. The summed E-state index contributed by atoms with van der Waals surface area (Å²) in [4.78, 5) is 2.38. The first-order chi connectivity index (χ1) is 9.73. The third-order valence-corrected chi connectivity index (χ3v) is 4.81. The summed E-state index contributed by atoms with van der Waals surface area (Å²) in [7, 11) is 2.19. The molecule has 4 nitrogen and oxygen atoms in total. The first kappa shape index (κ1) is 14.0. The van der Waals surface area contributed by atoms with Gasteiger partial charge in [-0.15, -0.1) is 0 Å². The lowest BCUT2D eigenvalue weighted by Crippen LogP contribution is -2.61. The molecule has 0 aromatic heterocycles. The molecule has 1 aromatic carbocycles. The van der Waals surface area contributed by atoms with Crippen molar-refractivity contribution in [2.45, 2.75) is 24.8 Å². The van der Waals surface area contributed by atoms with Crippen molar-refractivity contribution in [2.75, 3.05) is 39.8 Å². The minimum atomic E-state index is -0.0647. The van der Waals surface area contributed by atoms with Crippen LogP contribution >= 0.6 is 0 Å². The number of piperazine rings is 1. The van der Waals surface area contributed by atoms with Crippen LogP contribution in [0.15, 0.2) is 24.3 Å². The monoisotopic (exact) mass is 274 g/mol. The standard InChI is InChI=1S/C16H26N4/c1-19-9-11-20(12-10-19)18-16(13-17)8-4-6-14-5-2-3-7-15(14)16/h2-3,5,7,18H,4,6,8-13,17H2,1H3. The van der Waals surface area contributed by atoms with E-state index in [2.05, 4.69) is 46.6 Å². The van der Waals surface area contributed by atoms with Crippen molar-refractivity contribution < 1.29 is 0 Å². The Balaban J connectivity index is 1.82. The third-order valence-electron chi connectivity index (χ3n) is 4.81. The van der Waals surface area contributed by atoms with Gasteiger partial charge in [-0.05, 0) is 37.4 Å². The normalized spacial score (nSPS) is 28.3. The molecule has 0 spiro atoms. The predicted octanol–water partition coefficient (Wildman–Crippen LogP) is 0.929. The van der Waals surface area contributed by atoms with Gasteiger partial charge >= 0.3 is 0 Å². The van der Waals surface area contributed by atoms with Gasteiger partial charge in [-0.3, -0.25) is 0 Å². The van der Waals surface area contributed by atoms with Crippen molar-refractivity contribution in [2.24, 2.45) is 5.73 Å². The van der Waals surface area contributed by atoms with Gasteiger partial charge in [-0.25, -0.2) is 10.4 Å². The van der Waals surface area contributed by atoms with Gasteiger partial charge in [0.2, 0.25) is 0 Å². The number of aryl methyl sites for hydroxylation is 1. The molecule has 0 radical (unpaired) electrons. The second kappa shape index (κ2) is 5.82. The minimum absolute atomic E-state index is 0.0647. The zero-order valence-corrected chi connectivity index (χ0v) is 12.4. The molecule has 20 heavy (non-hydrogen) atoms. The lowest BCUT2D eigenvalue weighted by atomic mass is 9.77. The fourth-order valence-corrected chi connectivity index (χ4v) is 3.52. The molecular formula is C16H26N4. The Morgan fingerprint density at radius 3 is 2.70 bits per heavy atom. The van der Waals surface area contributed by atoms with Crippen LogP contribution in [0.3, 0.4) is 0 Å². The van der Waals surface area contributed by atoms with E-state index in [4.69, 9.17) is 5.73 Å². The Labute approximate surface area is 121 Å². The molecule has 1 aromatic rings. The SMILES string of the molecule is CN1CCN(NC2(CN)CCCc3ccccc32)CC1. The lowest BCUT2D eigenvalue weighted by molar-refractivity contribution is 0.0464. The second-order valence-corrected chi connectivity index (χ2v) is 6.20. The molecule has 0 amide bonds. The molecule has 110 valence electrons. The van der Waals surface area contributed by atoms with E-state index < -0.39 is 0 Å². The Kier molecular flexibility index (Phi) is 4.08. The van der Waals surface area contributed by atoms with Gasteiger partial charge in [-0.2, -0.15) is 0 Å². The summed E-state index contributed by atoms with van der Waals surface area (Å²) in [6.07, 6.45) is 3.53. The Hall–Kier alpha value is -0.940. The number of hydrazine groups is 1. The third kappa shape index (κ3) is 2.61. The lowest BCUT2D eigenvalue weighted by Gasteiger charge is -2.45. The number of hydrogen-bond donors (Lipinski definition) is 2. The van der Waals surface area contributed by atoms with Crippen LogP contribution in [0.25, 0.3) is 0 Å². The largest absolute Gasteiger partial charge is 0.328 e. The van der Waals surface area contributed by atoms with Crippen LogP contribution in [0.5, 0.6) is 0 Å². The Morgan fingerprint density at radius 1 is 1.20 bits per heavy atom. The van der Waals surface area contributed by atoms with Crippen molar-refractivity contribution in [3.63, 3.8) is 0 Å². The minimum Gasteiger partial charge on any atom is -0.328 e. The Bertz CT molecular complexity index is 454. The summed E-state index contributed by atoms with van der Waals surface area (Å²) in [6, 6.07) is 8.79. The summed E-state index contributed by atoms with van der Waals surface area (Å²) in [5.74, 6) is 0. The van der Waals surface area contributed by atoms with Crippen LogP contribution in [-0.2, 0) is 12.0 Å². The molecular weight excluding hydrogens is 248 g/mol. The molecule has 1 aliphatic carbocycles. The number of benzene rings is 1. The molecule has 0 saturated carbocycles. The first-order valence-corrected chi connectivity index (χ1v) is 7.73. The number of rotatable bonds is 3. The highest BCUT2D eigenvalue weighted by molar-refractivity contribution is 5.36. The maximum Gasteiger partial charge on any atom is 0.0699 e. The Morgan fingerprint density at radius 2 is 1.95 bits per heavy atom. The number of likely N-dealkylation sites (N-methyl/N-ethyl adjacent to an activating group) is 1. The number of nitrogens with two attached hydrogens (primary N) is 1. The van der Waals surface area contributed by atoms with E-state index >= 15 is 0 Å². The highest BCUT2D eigenvalue weighted by Crippen LogP contribution is 2.34. The average Bonchev–Trinajstić information content (AvgIpc) is 2.50. The van der Waals surface area contributed by atoms with E-state index in [1.165, 1.54) is 24.0 Å². The fraction of sp³-hybridized carbons (Fsp3) is 0.625. The van der Waals surface area contributed by atoms with E-state index in [-0.39, 0.29) is 5.54 Å². The van der Waals surface area contributed by atoms with Gasteiger partial charge in [0.25, 0.3) is 0 Å². The maximum atomic E-state index is 6.20. The molecule has 1 fully saturated rings. The molecule has 0 bridgehead atoms. The van der Waals surface area contributed by atoms with Crippen molar-refractivity contribution in [3.05, 3.63) is 35.4 Å². The van der Waals surface area contributed by atoms with Gasteiger partial charge in [0.15, 0.2) is 0 Å². The highest BCUT2D eigenvalue weighted by atomic mass is 15.5. The molecule has 1 unspecified atom stereocenters. The number of nitrogens with zero attached hydrogens (tertiary/aromatic N) is 2. The van der Waals surface area contributed by atoms with Gasteiger partial charge in [-0.1, -0.05) is 24.3 Å². The molecule has 1 atom stereocenters. The van der Waals surface area contributed by atoms with Crippen LogP contribution in [0.4, 0.5) is 0 Å². The van der Waals surface area contributed by atoms with E-state index in [0.29, 0.717) is 6.54 Å².